The fraction of sp³-hybridized carbons (Fsp3) is 0.0769. The lowest BCUT2D eigenvalue weighted by Gasteiger charge is -2.08. The van der Waals surface area contributed by atoms with Crippen molar-refractivity contribution in [2.24, 2.45) is 0 Å². The lowest BCUT2D eigenvalue weighted by atomic mass is 10.2. The summed E-state index contributed by atoms with van der Waals surface area (Å²) < 4.78 is 27.7. The SMILES string of the molecule is O=S(=O)(Cl)c1ccc(COc2ccccc2Cl)cc1. The average Bonchev–Trinajstić information content (AvgIpc) is 2.37. The lowest BCUT2D eigenvalue weighted by molar-refractivity contribution is 0.306. The molecule has 2 aromatic carbocycles. The molecule has 0 atom stereocenters. The molecule has 6 heteroatoms. The van der Waals surface area contributed by atoms with Crippen LogP contribution in [-0.2, 0) is 15.7 Å². The molecular formula is C13H10Cl2O3S. The minimum Gasteiger partial charge on any atom is -0.487 e. The first-order chi connectivity index (χ1) is 8.97. The van der Waals surface area contributed by atoms with Crippen molar-refractivity contribution in [1.82, 2.24) is 0 Å². The second kappa shape index (κ2) is 5.82. The van der Waals surface area contributed by atoms with Gasteiger partial charge in [0.05, 0.1) is 9.92 Å². The van der Waals surface area contributed by atoms with Crippen LogP contribution >= 0.6 is 22.3 Å². The molecule has 2 rings (SSSR count). The van der Waals surface area contributed by atoms with E-state index in [9.17, 15) is 8.42 Å². The Morgan fingerprint density at radius 1 is 1.00 bits per heavy atom. The van der Waals surface area contributed by atoms with Gasteiger partial charge in [-0.05, 0) is 29.8 Å². The fourth-order valence-electron chi connectivity index (χ4n) is 1.47. The first-order valence-electron chi connectivity index (χ1n) is 5.38. The Kier molecular flexibility index (Phi) is 4.34. The summed E-state index contributed by atoms with van der Waals surface area (Å²) in [6.45, 7) is 0.298. The highest BCUT2D eigenvalue weighted by molar-refractivity contribution is 8.13. The summed E-state index contributed by atoms with van der Waals surface area (Å²) in [6.07, 6.45) is 0. The van der Waals surface area contributed by atoms with Crippen LogP contribution in [-0.4, -0.2) is 8.42 Å². The van der Waals surface area contributed by atoms with Gasteiger partial charge in [0.25, 0.3) is 9.05 Å². The van der Waals surface area contributed by atoms with E-state index in [0.29, 0.717) is 17.4 Å². The van der Waals surface area contributed by atoms with Gasteiger partial charge in [-0.2, -0.15) is 0 Å². The highest BCUT2D eigenvalue weighted by Crippen LogP contribution is 2.24. The molecule has 0 aliphatic carbocycles. The number of ether oxygens (including phenoxy) is 1. The first-order valence-corrected chi connectivity index (χ1v) is 8.06. The molecule has 0 spiro atoms. The molecule has 0 heterocycles. The number of benzene rings is 2. The zero-order valence-electron chi connectivity index (χ0n) is 9.71. The van der Waals surface area contributed by atoms with Gasteiger partial charge in [-0.15, -0.1) is 0 Å². The molecule has 100 valence electrons. The molecule has 0 fully saturated rings. The van der Waals surface area contributed by atoms with Crippen LogP contribution in [0.2, 0.25) is 5.02 Å². The van der Waals surface area contributed by atoms with Crippen LogP contribution < -0.4 is 4.74 Å². The molecule has 0 N–H and O–H groups in total. The van der Waals surface area contributed by atoms with Crippen molar-refractivity contribution in [3.8, 4) is 5.75 Å². The Morgan fingerprint density at radius 3 is 2.21 bits per heavy atom. The van der Waals surface area contributed by atoms with Crippen LogP contribution in [0.25, 0.3) is 0 Å². The van der Waals surface area contributed by atoms with E-state index in [4.69, 9.17) is 27.0 Å². The topological polar surface area (TPSA) is 43.4 Å². The van der Waals surface area contributed by atoms with E-state index in [1.54, 1.807) is 24.3 Å². The summed E-state index contributed by atoms with van der Waals surface area (Å²) in [5.41, 5.74) is 0.823. The van der Waals surface area contributed by atoms with Gasteiger partial charge >= 0.3 is 0 Å². The molecule has 0 saturated carbocycles. The van der Waals surface area contributed by atoms with Gasteiger partial charge in [-0.25, -0.2) is 8.42 Å². The Labute approximate surface area is 121 Å². The summed E-state index contributed by atoms with van der Waals surface area (Å²) in [6, 6.07) is 13.3. The fourth-order valence-corrected chi connectivity index (χ4v) is 2.43. The summed E-state index contributed by atoms with van der Waals surface area (Å²) in [7, 11) is 1.55. The molecule has 0 bridgehead atoms. The Morgan fingerprint density at radius 2 is 1.63 bits per heavy atom. The molecule has 0 amide bonds. The molecule has 3 nitrogen and oxygen atoms in total. The van der Waals surface area contributed by atoms with E-state index in [1.807, 2.05) is 12.1 Å². The standard InChI is InChI=1S/C13H10Cl2O3S/c14-12-3-1-2-4-13(12)18-9-10-5-7-11(8-6-10)19(15,16)17/h1-8H,9H2. The first kappa shape index (κ1) is 14.2. The van der Waals surface area contributed by atoms with Gasteiger partial charge in [0.15, 0.2) is 0 Å². The number of hydrogen-bond acceptors (Lipinski definition) is 3. The monoisotopic (exact) mass is 316 g/mol. The van der Waals surface area contributed by atoms with Crippen LogP contribution in [0.5, 0.6) is 5.75 Å². The van der Waals surface area contributed by atoms with Gasteiger partial charge in [0, 0.05) is 10.7 Å². The van der Waals surface area contributed by atoms with Crippen molar-refractivity contribution in [2.75, 3.05) is 0 Å². The maximum atomic E-state index is 11.1. The number of hydrogen-bond donors (Lipinski definition) is 0. The smallest absolute Gasteiger partial charge is 0.261 e. The quantitative estimate of drug-likeness (QED) is 0.805. The van der Waals surface area contributed by atoms with Crippen LogP contribution in [0.4, 0.5) is 0 Å². The van der Waals surface area contributed by atoms with Crippen molar-refractivity contribution in [3.63, 3.8) is 0 Å². The summed E-state index contributed by atoms with van der Waals surface area (Å²) in [4.78, 5) is 0.0654. The van der Waals surface area contributed by atoms with Crippen molar-refractivity contribution >= 4 is 31.3 Å². The predicted molar refractivity (Wildman–Crippen MR) is 75.3 cm³/mol. The molecule has 0 radical (unpaired) electrons. The van der Waals surface area contributed by atoms with E-state index in [2.05, 4.69) is 0 Å². The van der Waals surface area contributed by atoms with E-state index in [0.717, 1.165) is 5.56 Å². The number of rotatable bonds is 4. The highest BCUT2D eigenvalue weighted by atomic mass is 35.7. The second-order valence-corrected chi connectivity index (χ2v) is 6.77. The maximum Gasteiger partial charge on any atom is 0.261 e. The van der Waals surface area contributed by atoms with Gasteiger partial charge in [0.1, 0.15) is 12.4 Å². The molecular weight excluding hydrogens is 307 g/mol. The average molecular weight is 317 g/mol. The Bertz CT molecular complexity index is 667. The molecule has 0 aliphatic heterocycles. The molecule has 0 unspecified atom stereocenters. The van der Waals surface area contributed by atoms with Crippen LogP contribution in [0.15, 0.2) is 53.4 Å². The van der Waals surface area contributed by atoms with Crippen molar-refractivity contribution in [3.05, 3.63) is 59.1 Å². The minimum atomic E-state index is -3.68. The van der Waals surface area contributed by atoms with Gasteiger partial charge < -0.3 is 4.74 Å². The van der Waals surface area contributed by atoms with Gasteiger partial charge in [-0.3, -0.25) is 0 Å². The molecule has 0 aromatic heterocycles. The van der Waals surface area contributed by atoms with E-state index >= 15 is 0 Å². The van der Waals surface area contributed by atoms with Gasteiger partial charge in [0.2, 0.25) is 0 Å². The minimum absolute atomic E-state index is 0.0654. The van der Waals surface area contributed by atoms with Crippen molar-refractivity contribution in [1.29, 1.82) is 0 Å². The van der Waals surface area contributed by atoms with Crippen molar-refractivity contribution < 1.29 is 13.2 Å². The summed E-state index contributed by atoms with van der Waals surface area (Å²) >= 11 is 5.95. The summed E-state index contributed by atoms with van der Waals surface area (Å²) in [5.74, 6) is 0.582. The van der Waals surface area contributed by atoms with E-state index in [1.165, 1.54) is 12.1 Å². The maximum absolute atomic E-state index is 11.1. The molecule has 0 saturated heterocycles. The van der Waals surface area contributed by atoms with Gasteiger partial charge in [-0.1, -0.05) is 35.9 Å². The third-order valence-electron chi connectivity index (χ3n) is 2.44. The number of halogens is 2. The molecule has 2 aromatic rings. The van der Waals surface area contributed by atoms with Crippen LogP contribution in [0, 0.1) is 0 Å². The highest BCUT2D eigenvalue weighted by Gasteiger charge is 2.09. The predicted octanol–water partition coefficient (Wildman–Crippen LogP) is 3.85. The molecule has 0 aliphatic rings. The Balaban J connectivity index is 2.07. The zero-order chi connectivity index (χ0) is 13.9. The van der Waals surface area contributed by atoms with Crippen molar-refractivity contribution in [2.45, 2.75) is 11.5 Å². The van der Waals surface area contributed by atoms with Crippen LogP contribution in [0.3, 0.4) is 0 Å². The van der Waals surface area contributed by atoms with E-state index in [-0.39, 0.29) is 4.90 Å². The van der Waals surface area contributed by atoms with E-state index < -0.39 is 9.05 Å². The van der Waals surface area contributed by atoms with Crippen LogP contribution in [0.1, 0.15) is 5.56 Å². The third kappa shape index (κ3) is 3.86. The lowest BCUT2D eigenvalue weighted by Crippen LogP contribution is -1.97. The largest absolute Gasteiger partial charge is 0.487 e. The Hall–Kier alpha value is -1.23. The summed E-state index contributed by atoms with van der Waals surface area (Å²) in [5, 5.41) is 0.530. The normalized spacial score (nSPS) is 11.3. The zero-order valence-corrected chi connectivity index (χ0v) is 12.0. The molecule has 19 heavy (non-hydrogen) atoms. The number of para-hydroxylation sites is 1. The third-order valence-corrected chi connectivity index (χ3v) is 4.12. The second-order valence-electron chi connectivity index (χ2n) is 3.80.